The molecule has 0 bridgehead atoms. The van der Waals surface area contributed by atoms with Crippen LogP contribution in [0.3, 0.4) is 0 Å². The third kappa shape index (κ3) is 3.21. The molecule has 1 fully saturated rings. The monoisotopic (exact) mass is 304 g/mol. The first kappa shape index (κ1) is 14.6. The molecule has 3 N–H and O–H groups in total. The van der Waals surface area contributed by atoms with Crippen LogP contribution in [0.2, 0.25) is 0 Å². The van der Waals surface area contributed by atoms with Gasteiger partial charge in [0, 0.05) is 11.3 Å². The molecule has 0 aliphatic heterocycles. The van der Waals surface area contributed by atoms with E-state index < -0.39 is 15.8 Å². The summed E-state index contributed by atoms with van der Waals surface area (Å²) in [6.45, 7) is 0.680. The molecule has 0 heterocycles. The standard InChI is InChI=1S/C12H17FN2O2S2/c1-18-12(5-2-6-12)8-15-11-4-3-9(7-10(11)13)19(14,16)17/h3-4,7,15H,2,5-6,8H2,1H3,(H2,14,16,17). The Morgan fingerprint density at radius 2 is 2.16 bits per heavy atom. The van der Waals surface area contributed by atoms with E-state index in [1.54, 1.807) is 11.8 Å². The Morgan fingerprint density at radius 1 is 1.47 bits per heavy atom. The van der Waals surface area contributed by atoms with Crippen molar-refractivity contribution >= 4 is 27.5 Å². The summed E-state index contributed by atoms with van der Waals surface area (Å²) in [6, 6.07) is 3.68. The summed E-state index contributed by atoms with van der Waals surface area (Å²) in [6.07, 6.45) is 5.51. The SMILES string of the molecule is CSC1(CNc2ccc(S(N)(=O)=O)cc2F)CCC1. The second kappa shape index (κ2) is 5.30. The van der Waals surface area contributed by atoms with Crippen LogP contribution in [0.25, 0.3) is 0 Å². The number of thioether (sulfide) groups is 1. The third-order valence-corrected chi connectivity index (χ3v) is 5.90. The van der Waals surface area contributed by atoms with Crippen molar-refractivity contribution < 1.29 is 12.8 Å². The number of primary sulfonamides is 1. The molecule has 4 nitrogen and oxygen atoms in total. The minimum atomic E-state index is -3.86. The summed E-state index contributed by atoms with van der Waals surface area (Å²) in [5.41, 5.74) is 0.313. The van der Waals surface area contributed by atoms with Gasteiger partial charge in [0.1, 0.15) is 5.82 Å². The molecule has 1 saturated carbocycles. The molecule has 106 valence electrons. The smallest absolute Gasteiger partial charge is 0.238 e. The lowest BCUT2D eigenvalue weighted by Gasteiger charge is -2.40. The van der Waals surface area contributed by atoms with Gasteiger partial charge >= 0.3 is 0 Å². The lowest BCUT2D eigenvalue weighted by atomic mass is 9.84. The highest BCUT2D eigenvalue weighted by Gasteiger charge is 2.35. The van der Waals surface area contributed by atoms with Crippen LogP contribution >= 0.6 is 11.8 Å². The summed E-state index contributed by atoms with van der Waals surface area (Å²) in [4.78, 5) is -0.209. The molecular formula is C12H17FN2O2S2. The summed E-state index contributed by atoms with van der Waals surface area (Å²) in [7, 11) is -3.86. The van der Waals surface area contributed by atoms with E-state index in [4.69, 9.17) is 5.14 Å². The zero-order valence-corrected chi connectivity index (χ0v) is 12.3. The van der Waals surface area contributed by atoms with Crippen LogP contribution in [-0.2, 0) is 10.0 Å². The maximum absolute atomic E-state index is 13.8. The first-order chi connectivity index (χ1) is 8.86. The lowest BCUT2D eigenvalue weighted by Crippen LogP contribution is -2.40. The van der Waals surface area contributed by atoms with Crippen LogP contribution in [0.1, 0.15) is 19.3 Å². The van der Waals surface area contributed by atoms with E-state index in [0.717, 1.165) is 18.9 Å². The van der Waals surface area contributed by atoms with Crippen LogP contribution in [0.5, 0.6) is 0 Å². The predicted octanol–water partition coefficient (Wildman–Crippen LogP) is 2.17. The van der Waals surface area contributed by atoms with Crippen molar-refractivity contribution in [2.75, 3.05) is 18.1 Å². The molecule has 0 radical (unpaired) electrons. The van der Waals surface area contributed by atoms with Gasteiger partial charge in [-0.2, -0.15) is 11.8 Å². The second-order valence-corrected chi connectivity index (χ2v) is 7.62. The Hall–Kier alpha value is -0.790. The fourth-order valence-corrected chi connectivity index (χ4v) is 3.54. The number of sulfonamides is 1. The molecule has 1 aliphatic carbocycles. The minimum Gasteiger partial charge on any atom is -0.381 e. The second-order valence-electron chi connectivity index (χ2n) is 4.78. The quantitative estimate of drug-likeness (QED) is 0.874. The van der Waals surface area contributed by atoms with E-state index in [0.29, 0.717) is 12.2 Å². The van der Waals surface area contributed by atoms with Crippen molar-refractivity contribution in [3.63, 3.8) is 0 Å². The molecule has 1 aliphatic rings. The summed E-state index contributed by atoms with van der Waals surface area (Å²) < 4.78 is 36.2. The van der Waals surface area contributed by atoms with E-state index in [-0.39, 0.29) is 9.64 Å². The third-order valence-electron chi connectivity index (χ3n) is 3.57. The fourth-order valence-electron chi connectivity index (χ4n) is 2.10. The van der Waals surface area contributed by atoms with Crippen molar-refractivity contribution in [3.8, 4) is 0 Å². The maximum Gasteiger partial charge on any atom is 0.238 e. The zero-order chi connectivity index (χ0) is 14.1. The lowest BCUT2D eigenvalue weighted by molar-refractivity contribution is 0.379. The Labute approximate surface area is 117 Å². The van der Waals surface area contributed by atoms with Gasteiger partial charge in [-0.25, -0.2) is 17.9 Å². The highest BCUT2D eigenvalue weighted by Crippen LogP contribution is 2.42. The van der Waals surface area contributed by atoms with Gasteiger partial charge in [0.15, 0.2) is 0 Å². The number of hydrogen-bond donors (Lipinski definition) is 2. The molecule has 0 aromatic heterocycles. The number of nitrogens with two attached hydrogens (primary N) is 1. The molecular weight excluding hydrogens is 287 g/mol. The van der Waals surface area contributed by atoms with Gasteiger partial charge in [-0.05, 0) is 37.3 Å². The highest BCUT2D eigenvalue weighted by atomic mass is 32.2. The van der Waals surface area contributed by atoms with E-state index in [9.17, 15) is 12.8 Å². The molecule has 1 aromatic rings. The van der Waals surface area contributed by atoms with E-state index in [2.05, 4.69) is 11.6 Å². The van der Waals surface area contributed by atoms with Gasteiger partial charge in [0.25, 0.3) is 0 Å². The Kier molecular flexibility index (Phi) is 4.08. The number of nitrogens with one attached hydrogen (secondary N) is 1. The van der Waals surface area contributed by atoms with Gasteiger partial charge in [0.2, 0.25) is 10.0 Å². The average molecular weight is 304 g/mol. The first-order valence-electron chi connectivity index (χ1n) is 5.98. The van der Waals surface area contributed by atoms with Gasteiger partial charge in [-0.3, -0.25) is 0 Å². The Bertz CT molecular complexity index is 566. The molecule has 0 unspecified atom stereocenters. The van der Waals surface area contributed by atoms with Crippen LogP contribution < -0.4 is 10.5 Å². The largest absolute Gasteiger partial charge is 0.381 e. The topological polar surface area (TPSA) is 72.2 Å². The normalized spacial score (nSPS) is 17.8. The van der Waals surface area contributed by atoms with Crippen molar-refractivity contribution in [3.05, 3.63) is 24.0 Å². The van der Waals surface area contributed by atoms with Crippen molar-refractivity contribution in [2.24, 2.45) is 5.14 Å². The zero-order valence-electron chi connectivity index (χ0n) is 10.6. The molecule has 2 rings (SSSR count). The molecule has 0 atom stereocenters. The summed E-state index contributed by atoms with van der Waals surface area (Å²) in [5.74, 6) is -0.595. The molecule has 7 heteroatoms. The maximum atomic E-state index is 13.8. The number of hydrogen-bond acceptors (Lipinski definition) is 4. The molecule has 0 saturated heterocycles. The van der Waals surface area contributed by atoms with Crippen LogP contribution in [0, 0.1) is 5.82 Å². The predicted molar refractivity (Wildman–Crippen MR) is 76.4 cm³/mol. The summed E-state index contributed by atoms with van der Waals surface area (Å²) in [5, 5.41) is 8.01. The fraction of sp³-hybridized carbons (Fsp3) is 0.500. The van der Waals surface area contributed by atoms with Gasteiger partial charge in [-0.15, -0.1) is 0 Å². The van der Waals surface area contributed by atoms with E-state index >= 15 is 0 Å². The summed E-state index contributed by atoms with van der Waals surface area (Å²) >= 11 is 1.79. The Morgan fingerprint density at radius 3 is 2.58 bits per heavy atom. The van der Waals surface area contributed by atoms with Gasteiger partial charge in [-0.1, -0.05) is 6.42 Å². The average Bonchev–Trinajstić information content (AvgIpc) is 2.28. The number of benzene rings is 1. The minimum absolute atomic E-state index is 0.186. The number of halogens is 1. The van der Waals surface area contributed by atoms with Crippen LogP contribution in [0.15, 0.2) is 23.1 Å². The Balaban J connectivity index is 2.10. The van der Waals surface area contributed by atoms with E-state index in [1.807, 2.05) is 0 Å². The van der Waals surface area contributed by atoms with Gasteiger partial charge in [0.05, 0.1) is 10.6 Å². The molecule has 19 heavy (non-hydrogen) atoms. The van der Waals surface area contributed by atoms with Gasteiger partial charge < -0.3 is 5.32 Å². The van der Waals surface area contributed by atoms with Crippen molar-refractivity contribution in [2.45, 2.75) is 28.9 Å². The highest BCUT2D eigenvalue weighted by molar-refractivity contribution is 8.00. The van der Waals surface area contributed by atoms with Crippen molar-refractivity contribution in [1.82, 2.24) is 0 Å². The first-order valence-corrected chi connectivity index (χ1v) is 8.75. The molecule has 0 spiro atoms. The number of anilines is 1. The number of rotatable bonds is 5. The van der Waals surface area contributed by atoms with E-state index in [1.165, 1.54) is 18.6 Å². The molecule has 0 amide bonds. The van der Waals surface area contributed by atoms with Crippen LogP contribution in [-0.4, -0.2) is 26.0 Å². The van der Waals surface area contributed by atoms with Crippen LogP contribution in [0.4, 0.5) is 10.1 Å². The van der Waals surface area contributed by atoms with Crippen molar-refractivity contribution in [1.29, 1.82) is 0 Å². The molecule has 1 aromatic carbocycles.